The first-order valence-corrected chi connectivity index (χ1v) is 7.29. The van der Waals surface area contributed by atoms with Crippen LogP contribution in [0.5, 0.6) is 0 Å². The molecule has 1 rings (SSSR count). The van der Waals surface area contributed by atoms with Crippen molar-refractivity contribution in [1.82, 2.24) is 5.32 Å². The van der Waals surface area contributed by atoms with Crippen LogP contribution in [0, 0.1) is 0 Å². The van der Waals surface area contributed by atoms with Gasteiger partial charge in [-0.1, -0.05) is 0 Å². The number of carbonyl (C=O) groups excluding carboxylic acids is 1. The maximum Gasteiger partial charge on any atom is 0.358 e. The van der Waals surface area contributed by atoms with Crippen molar-refractivity contribution in [2.24, 2.45) is 0 Å². The highest BCUT2D eigenvalue weighted by Gasteiger charge is 2.22. The van der Waals surface area contributed by atoms with E-state index in [0.29, 0.717) is 19.8 Å². The van der Waals surface area contributed by atoms with E-state index in [1.807, 2.05) is 6.92 Å². The predicted molar refractivity (Wildman–Crippen MR) is 71.4 cm³/mol. The average molecular weight is 288 g/mol. The van der Waals surface area contributed by atoms with Gasteiger partial charge in [-0.2, -0.15) is 0 Å². The molecule has 0 bridgehead atoms. The summed E-state index contributed by atoms with van der Waals surface area (Å²) in [7, 11) is -4.49. The van der Waals surface area contributed by atoms with E-state index in [4.69, 9.17) is 20.3 Å². The summed E-state index contributed by atoms with van der Waals surface area (Å²) in [5, 5.41) is 2.23. The van der Waals surface area contributed by atoms with Crippen molar-refractivity contribution in [3.63, 3.8) is 0 Å². The van der Waals surface area contributed by atoms with Gasteiger partial charge < -0.3 is 25.6 Å². The zero-order chi connectivity index (χ0) is 14.5. The molecule has 0 atom stereocenters. The van der Waals surface area contributed by atoms with Crippen molar-refractivity contribution in [2.75, 3.05) is 25.5 Å². The zero-order valence-corrected chi connectivity index (χ0v) is 11.4. The lowest BCUT2D eigenvalue weighted by Gasteiger charge is -2.10. The van der Waals surface area contributed by atoms with Crippen LogP contribution in [0.4, 0.5) is 5.69 Å². The largest absolute Gasteiger partial charge is 0.398 e. The molecule has 1 aromatic rings. The molecular weight excluding hydrogens is 271 g/mol. The average Bonchev–Trinajstić information content (AvgIpc) is 2.33. The molecule has 0 saturated carbocycles. The van der Waals surface area contributed by atoms with Crippen LogP contribution in [0.1, 0.15) is 17.3 Å². The third kappa shape index (κ3) is 4.65. The number of nitrogens with two attached hydrogens (primary N) is 1. The van der Waals surface area contributed by atoms with Crippen molar-refractivity contribution in [1.29, 1.82) is 0 Å². The quantitative estimate of drug-likeness (QED) is 0.328. The van der Waals surface area contributed by atoms with E-state index >= 15 is 0 Å². The monoisotopic (exact) mass is 288 g/mol. The van der Waals surface area contributed by atoms with Gasteiger partial charge in [0.1, 0.15) is 0 Å². The molecule has 7 nitrogen and oxygen atoms in total. The second kappa shape index (κ2) is 6.68. The fraction of sp³-hybridized carbons (Fsp3) is 0.364. The molecule has 5 N–H and O–H groups in total. The number of anilines is 1. The van der Waals surface area contributed by atoms with Crippen LogP contribution >= 0.6 is 7.60 Å². The van der Waals surface area contributed by atoms with Gasteiger partial charge in [0.25, 0.3) is 5.91 Å². The van der Waals surface area contributed by atoms with Gasteiger partial charge in [-0.15, -0.1) is 0 Å². The van der Waals surface area contributed by atoms with Crippen LogP contribution in [0.3, 0.4) is 0 Å². The molecule has 106 valence electrons. The minimum Gasteiger partial charge on any atom is -0.398 e. The SMILES string of the molecule is CCOCCNC(=O)c1ccc(N)c(P(=O)(O)O)c1. The minimum absolute atomic E-state index is 0.0424. The van der Waals surface area contributed by atoms with E-state index < -0.39 is 13.5 Å². The summed E-state index contributed by atoms with van der Waals surface area (Å²) in [6.45, 7) is 3.10. The van der Waals surface area contributed by atoms with Crippen molar-refractivity contribution >= 4 is 24.5 Å². The molecule has 0 radical (unpaired) electrons. The Balaban J connectivity index is 2.79. The Kier molecular flexibility index (Phi) is 5.50. The second-order valence-electron chi connectivity index (χ2n) is 3.77. The van der Waals surface area contributed by atoms with Crippen LogP contribution in [-0.4, -0.2) is 35.5 Å². The second-order valence-corrected chi connectivity index (χ2v) is 5.34. The lowest BCUT2D eigenvalue weighted by molar-refractivity contribution is 0.0922. The Labute approximate surface area is 110 Å². The van der Waals surface area contributed by atoms with Gasteiger partial charge in [-0.05, 0) is 25.1 Å². The molecular formula is C11H17N2O5P. The van der Waals surface area contributed by atoms with Crippen LogP contribution in [-0.2, 0) is 9.30 Å². The molecule has 0 heterocycles. The number of hydrogen-bond acceptors (Lipinski definition) is 4. The fourth-order valence-corrected chi connectivity index (χ4v) is 2.14. The summed E-state index contributed by atoms with van der Waals surface area (Å²) >= 11 is 0. The topological polar surface area (TPSA) is 122 Å². The number of nitrogen functional groups attached to an aromatic ring is 1. The van der Waals surface area contributed by atoms with Crippen molar-refractivity contribution in [2.45, 2.75) is 6.92 Å². The van der Waals surface area contributed by atoms with E-state index in [0.717, 1.165) is 6.07 Å². The lowest BCUT2D eigenvalue weighted by Crippen LogP contribution is -2.28. The Bertz CT molecular complexity index is 500. The van der Waals surface area contributed by atoms with Gasteiger partial charge in [0.2, 0.25) is 0 Å². The Morgan fingerprint density at radius 1 is 1.47 bits per heavy atom. The molecule has 0 fully saturated rings. The van der Waals surface area contributed by atoms with Gasteiger partial charge in [-0.3, -0.25) is 9.36 Å². The van der Waals surface area contributed by atoms with Crippen LogP contribution in [0.2, 0.25) is 0 Å². The van der Waals surface area contributed by atoms with Gasteiger partial charge in [0.15, 0.2) is 0 Å². The third-order valence-electron chi connectivity index (χ3n) is 2.34. The predicted octanol–water partition coefficient (Wildman–Crippen LogP) is -0.162. The van der Waals surface area contributed by atoms with Crippen molar-refractivity contribution < 1.29 is 23.9 Å². The Hall–Kier alpha value is -1.40. The summed E-state index contributed by atoms with van der Waals surface area (Å²) in [6.07, 6.45) is 0. The van der Waals surface area contributed by atoms with Gasteiger partial charge in [0.05, 0.1) is 11.9 Å². The molecule has 0 aliphatic rings. The van der Waals surface area contributed by atoms with Gasteiger partial charge in [-0.25, -0.2) is 0 Å². The Morgan fingerprint density at radius 2 is 2.16 bits per heavy atom. The molecule has 19 heavy (non-hydrogen) atoms. The minimum atomic E-state index is -4.49. The highest BCUT2D eigenvalue weighted by Crippen LogP contribution is 2.35. The fourth-order valence-electron chi connectivity index (χ4n) is 1.42. The molecule has 1 aromatic carbocycles. The number of ether oxygens (including phenoxy) is 1. The van der Waals surface area contributed by atoms with Crippen molar-refractivity contribution in [3.8, 4) is 0 Å². The number of rotatable bonds is 6. The molecule has 8 heteroatoms. The molecule has 1 amide bonds. The van der Waals surface area contributed by atoms with E-state index in [-0.39, 0.29) is 16.6 Å². The van der Waals surface area contributed by atoms with E-state index in [1.165, 1.54) is 12.1 Å². The Morgan fingerprint density at radius 3 is 2.74 bits per heavy atom. The van der Waals surface area contributed by atoms with Crippen LogP contribution in [0.15, 0.2) is 18.2 Å². The lowest BCUT2D eigenvalue weighted by atomic mass is 10.2. The highest BCUT2D eigenvalue weighted by atomic mass is 31.2. The number of amides is 1. The summed E-state index contributed by atoms with van der Waals surface area (Å²) in [5.74, 6) is -0.436. The summed E-state index contributed by atoms with van der Waals surface area (Å²) in [4.78, 5) is 29.9. The molecule has 0 aliphatic carbocycles. The summed E-state index contributed by atoms with van der Waals surface area (Å²) < 4.78 is 16.2. The molecule has 0 unspecified atom stereocenters. The van der Waals surface area contributed by atoms with Gasteiger partial charge in [0, 0.05) is 24.4 Å². The number of hydrogen-bond donors (Lipinski definition) is 4. The van der Waals surface area contributed by atoms with Crippen molar-refractivity contribution in [3.05, 3.63) is 23.8 Å². The first-order chi connectivity index (χ1) is 8.86. The summed E-state index contributed by atoms with van der Waals surface area (Å²) in [5.41, 5.74) is 5.57. The zero-order valence-electron chi connectivity index (χ0n) is 10.5. The van der Waals surface area contributed by atoms with E-state index in [9.17, 15) is 9.36 Å². The maximum absolute atomic E-state index is 11.7. The molecule has 0 spiro atoms. The third-order valence-corrected chi connectivity index (χ3v) is 3.36. The smallest absolute Gasteiger partial charge is 0.358 e. The highest BCUT2D eigenvalue weighted by molar-refractivity contribution is 7.60. The number of nitrogens with one attached hydrogen (secondary N) is 1. The normalized spacial score (nSPS) is 11.3. The van der Waals surface area contributed by atoms with E-state index in [2.05, 4.69) is 5.32 Å². The van der Waals surface area contributed by atoms with Crippen LogP contribution < -0.4 is 16.4 Å². The number of carbonyl (C=O) groups is 1. The van der Waals surface area contributed by atoms with Crippen LogP contribution in [0.25, 0.3) is 0 Å². The summed E-state index contributed by atoms with van der Waals surface area (Å²) in [6, 6.07) is 3.81. The molecule has 0 aliphatic heterocycles. The standard InChI is InChI=1S/C11H17N2O5P/c1-2-18-6-5-13-11(14)8-3-4-9(12)10(7-8)19(15,16)17/h3-4,7H,2,5-6,12H2,1H3,(H,13,14)(H2,15,16,17). The first kappa shape index (κ1) is 15.7. The molecule has 0 aromatic heterocycles. The van der Waals surface area contributed by atoms with Gasteiger partial charge >= 0.3 is 7.60 Å². The first-order valence-electron chi connectivity index (χ1n) is 5.68. The molecule has 0 saturated heterocycles. The van der Waals surface area contributed by atoms with E-state index in [1.54, 1.807) is 0 Å². The maximum atomic E-state index is 11.7. The number of benzene rings is 1.